The number of rotatable bonds is 4. The van der Waals surface area contributed by atoms with Gasteiger partial charge in [-0.2, -0.15) is 0 Å². The van der Waals surface area contributed by atoms with Crippen molar-refractivity contribution in [1.29, 1.82) is 0 Å². The van der Waals surface area contributed by atoms with Gasteiger partial charge in [-0.15, -0.1) is 0 Å². The molecule has 8 heteroatoms. The number of carbonyl (C=O) groups excluding carboxylic acids is 4. The summed E-state index contributed by atoms with van der Waals surface area (Å²) in [5.41, 5.74) is -1.85. The summed E-state index contributed by atoms with van der Waals surface area (Å²) in [4.78, 5) is 56.5. The summed E-state index contributed by atoms with van der Waals surface area (Å²) >= 11 is 0. The molecule has 2 fully saturated rings. The molecule has 1 aliphatic heterocycles. The lowest BCUT2D eigenvalue weighted by Crippen LogP contribution is -2.60. The highest BCUT2D eigenvalue weighted by atomic mass is 16.5. The third kappa shape index (κ3) is 5.26. The van der Waals surface area contributed by atoms with E-state index in [-0.39, 0.29) is 12.8 Å². The molecule has 2 aliphatic carbocycles. The van der Waals surface area contributed by atoms with Crippen LogP contribution < -0.4 is 0 Å². The SMILES string of the molecule is C=C1[C@@H](C)[C@H]2[C@H](Cc3ccccc3)N(C(=O)c3ccccc3)C(=O)[C@]23[C@@H](OC(C)=O)/C=C/[C@](C)(O)C(=O)CC/C=C/[C@H]3[C@@H]1O. The van der Waals surface area contributed by atoms with Crippen molar-refractivity contribution in [2.24, 2.45) is 23.2 Å². The summed E-state index contributed by atoms with van der Waals surface area (Å²) in [7, 11) is 0. The Bertz CT molecular complexity index is 1510. The van der Waals surface area contributed by atoms with E-state index in [9.17, 15) is 24.6 Å². The van der Waals surface area contributed by atoms with Crippen LogP contribution >= 0.6 is 0 Å². The van der Waals surface area contributed by atoms with Crippen LogP contribution in [0.25, 0.3) is 0 Å². The molecule has 1 saturated carbocycles. The lowest BCUT2D eigenvalue weighted by atomic mass is 9.51. The molecule has 230 valence electrons. The van der Waals surface area contributed by atoms with Crippen LogP contribution in [0.1, 0.15) is 49.5 Å². The molecule has 0 radical (unpaired) electrons. The monoisotopic (exact) mass is 597 g/mol. The number of aliphatic hydroxyl groups excluding tert-OH is 1. The molecule has 2 amide bonds. The summed E-state index contributed by atoms with van der Waals surface area (Å²) in [5.74, 6) is -4.34. The number of esters is 1. The van der Waals surface area contributed by atoms with Gasteiger partial charge in [0.15, 0.2) is 5.78 Å². The molecule has 0 aromatic heterocycles. The van der Waals surface area contributed by atoms with Gasteiger partial charge in [0.2, 0.25) is 5.91 Å². The molecule has 1 spiro atoms. The van der Waals surface area contributed by atoms with E-state index in [0.717, 1.165) is 5.56 Å². The lowest BCUT2D eigenvalue weighted by Gasteiger charge is -2.52. The first kappa shape index (κ1) is 31.3. The number of nitrogens with zero attached hydrogens (tertiary/aromatic N) is 1. The van der Waals surface area contributed by atoms with Gasteiger partial charge in [-0.1, -0.05) is 74.2 Å². The third-order valence-corrected chi connectivity index (χ3v) is 9.61. The largest absolute Gasteiger partial charge is 0.457 e. The molecule has 8 atom stereocenters. The van der Waals surface area contributed by atoms with Gasteiger partial charge in [0.05, 0.1) is 6.10 Å². The Labute approximate surface area is 257 Å². The number of benzene rings is 2. The number of likely N-dealkylation sites (tertiary alicyclic amines) is 1. The molecule has 0 unspecified atom stereocenters. The van der Waals surface area contributed by atoms with Crippen LogP contribution in [0.5, 0.6) is 0 Å². The fourth-order valence-corrected chi connectivity index (χ4v) is 7.44. The smallest absolute Gasteiger partial charge is 0.303 e. The lowest BCUT2D eigenvalue weighted by molar-refractivity contribution is -0.167. The molecular formula is C36H39NO7. The van der Waals surface area contributed by atoms with Crippen molar-refractivity contribution in [3.8, 4) is 0 Å². The minimum atomic E-state index is -1.90. The highest BCUT2D eigenvalue weighted by molar-refractivity contribution is 6.09. The van der Waals surface area contributed by atoms with Crippen molar-refractivity contribution in [2.75, 3.05) is 0 Å². The summed E-state index contributed by atoms with van der Waals surface area (Å²) in [5, 5.41) is 22.9. The number of carbonyl (C=O) groups is 4. The number of allylic oxidation sites excluding steroid dienone is 1. The first-order valence-electron chi connectivity index (χ1n) is 15.0. The Balaban J connectivity index is 1.82. The van der Waals surface area contributed by atoms with Crippen LogP contribution in [-0.2, 0) is 25.5 Å². The summed E-state index contributed by atoms with van der Waals surface area (Å²) < 4.78 is 5.92. The second-order valence-corrected chi connectivity index (χ2v) is 12.3. The van der Waals surface area contributed by atoms with Gasteiger partial charge in [-0.3, -0.25) is 24.1 Å². The molecule has 2 aromatic rings. The van der Waals surface area contributed by atoms with Crippen LogP contribution in [0.4, 0.5) is 0 Å². The first-order chi connectivity index (χ1) is 20.9. The molecule has 1 heterocycles. The number of ether oxygens (including phenoxy) is 1. The van der Waals surface area contributed by atoms with Crippen molar-refractivity contribution >= 4 is 23.6 Å². The van der Waals surface area contributed by atoms with Crippen molar-refractivity contribution in [2.45, 2.75) is 63.9 Å². The molecule has 3 aliphatic rings. The Morgan fingerprint density at radius 2 is 1.68 bits per heavy atom. The predicted octanol–water partition coefficient (Wildman–Crippen LogP) is 4.22. The fraction of sp³-hybridized carbons (Fsp3) is 0.389. The summed E-state index contributed by atoms with van der Waals surface area (Å²) in [6.07, 6.45) is 4.10. The second-order valence-electron chi connectivity index (χ2n) is 12.3. The summed E-state index contributed by atoms with van der Waals surface area (Å²) in [6, 6.07) is 17.3. The molecule has 2 aromatic carbocycles. The van der Waals surface area contributed by atoms with Crippen molar-refractivity contribution < 1.29 is 34.1 Å². The maximum absolute atomic E-state index is 15.3. The van der Waals surface area contributed by atoms with Gasteiger partial charge in [0, 0.05) is 36.8 Å². The van der Waals surface area contributed by atoms with Crippen LogP contribution in [0.2, 0.25) is 0 Å². The first-order valence-corrected chi connectivity index (χ1v) is 15.0. The number of Topliss-reactive ketones (excluding diaryl/α,β-unsaturated/α-hetero) is 1. The number of aliphatic hydroxyl groups is 2. The average Bonchev–Trinajstić information content (AvgIpc) is 3.25. The number of ketones is 1. The van der Waals surface area contributed by atoms with Crippen LogP contribution in [0.3, 0.4) is 0 Å². The van der Waals surface area contributed by atoms with E-state index in [2.05, 4.69) is 6.58 Å². The zero-order chi connectivity index (χ0) is 31.8. The van der Waals surface area contributed by atoms with E-state index in [1.807, 2.05) is 37.3 Å². The minimum Gasteiger partial charge on any atom is -0.457 e. The predicted molar refractivity (Wildman–Crippen MR) is 164 cm³/mol. The third-order valence-electron chi connectivity index (χ3n) is 9.61. The van der Waals surface area contributed by atoms with Crippen molar-refractivity contribution in [3.63, 3.8) is 0 Å². The van der Waals surface area contributed by atoms with E-state index >= 15 is 4.79 Å². The highest BCUT2D eigenvalue weighted by Crippen LogP contribution is 2.61. The Morgan fingerprint density at radius 1 is 1.05 bits per heavy atom. The average molecular weight is 598 g/mol. The van der Waals surface area contributed by atoms with E-state index < -0.39 is 70.6 Å². The molecular weight excluding hydrogens is 558 g/mol. The number of imide groups is 1. The van der Waals surface area contributed by atoms with E-state index in [1.165, 1.54) is 30.9 Å². The van der Waals surface area contributed by atoms with E-state index in [4.69, 9.17) is 4.74 Å². The molecule has 1 saturated heterocycles. The van der Waals surface area contributed by atoms with Gasteiger partial charge >= 0.3 is 5.97 Å². The fourth-order valence-electron chi connectivity index (χ4n) is 7.44. The highest BCUT2D eigenvalue weighted by Gasteiger charge is 2.72. The quantitative estimate of drug-likeness (QED) is 0.308. The Morgan fingerprint density at radius 3 is 2.32 bits per heavy atom. The van der Waals surface area contributed by atoms with Crippen LogP contribution in [0, 0.1) is 23.2 Å². The Kier molecular flexibility index (Phi) is 8.60. The molecule has 2 N–H and O–H groups in total. The maximum atomic E-state index is 15.3. The van der Waals surface area contributed by atoms with Crippen LogP contribution in [-0.4, -0.2) is 62.5 Å². The van der Waals surface area contributed by atoms with E-state index in [1.54, 1.807) is 42.5 Å². The summed E-state index contributed by atoms with van der Waals surface area (Å²) in [6.45, 7) is 8.68. The van der Waals surface area contributed by atoms with Gasteiger partial charge in [0.25, 0.3) is 5.91 Å². The second kappa shape index (κ2) is 12.1. The topological polar surface area (TPSA) is 121 Å². The minimum absolute atomic E-state index is 0.0197. The molecule has 0 bridgehead atoms. The number of hydrogen-bond donors (Lipinski definition) is 2. The normalized spacial score (nSPS) is 35.2. The van der Waals surface area contributed by atoms with Gasteiger partial charge in [0.1, 0.15) is 17.1 Å². The van der Waals surface area contributed by atoms with E-state index in [0.29, 0.717) is 17.6 Å². The van der Waals surface area contributed by atoms with Crippen LogP contribution in [0.15, 0.2) is 97.1 Å². The van der Waals surface area contributed by atoms with Gasteiger partial charge in [-0.25, -0.2) is 0 Å². The van der Waals surface area contributed by atoms with Gasteiger partial charge < -0.3 is 14.9 Å². The van der Waals surface area contributed by atoms with Crippen molar-refractivity contribution in [1.82, 2.24) is 4.90 Å². The number of amides is 2. The molecule has 5 rings (SSSR count). The molecule has 8 nitrogen and oxygen atoms in total. The molecule has 44 heavy (non-hydrogen) atoms. The van der Waals surface area contributed by atoms with Gasteiger partial charge in [-0.05, 0) is 61.1 Å². The van der Waals surface area contributed by atoms with Crippen molar-refractivity contribution in [3.05, 3.63) is 108 Å². The Hall–Kier alpha value is -4.14. The maximum Gasteiger partial charge on any atom is 0.303 e. The zero-order valence-electron chi connectivity index (χ0n) is 25.3. The standard InChI is InChI=1S/C36H39NO7/c1-22-23(2)32(40)27-17-11-12-18-29(39)35(4,43)20-19-30(44-24(3)38)36(27)31(22)28(21-25-13-7-5-8-14-25)37(34(36)42)33(41)26-15-9-6-10-16-26/h5-11,13-17,19-20,22,27-28,30-32,40,43H,2,12,18,21H2,1,3-4H3/b17-11+,20-19+/t22-,27+,28+,30+,31+,32-,35+,36-/m1/s1. The zero-order valence-corrected chi connectivity index (χ0v) is 25.3. The number of hydrogen-bond acceptors (Lipinski definition) is 7.